The highest BCUT2D eigenvalue weighted by molar-refractivity contribution is 5.79. The van der Waals surface area contributed by atoms with Gasteiger partial charge in [0.25, 0.3) is 0 Å². The molecule has 1 atom stereocenters. The summed E-state index contributed by atoms with van der Waals surface area (Å²) in [7, 11) is 0. The van der Waals surface area contributed by atoms with E-state index in [-0.39, 0.29) is 0 Å². The van der Waals surface area contributed by atoms with Crippen LogP contribution in [0.1, 0.15) is 65.1 Å². The van der Waals surface area contributed by atoms with Gasteiger partial charge in [-0.3, -0.25) is 0 Å². The molecule has 1 unspecified atom stereocenters. The molecule has 2 N–H and O–H groups in total. The summed E-state index contributed by atoms with van der Waals surface area (Å²) >= 11 is 0. The molecule has 21 heavy (non-hydrogen) atoms. The van der Waals surface area contributed by atoms with Crippen LogP contribution in [0.4, 0.5) is 5.69 Å². The van der Waals surface area contributed by atoms with Gasteiger partial charge < -0.3 is 10.3 Å². The van der Waals surface area contributed by atoms with Crippen molar-refractivity contribution >= 4 is 16.7 Å². The van der Waals surface area contributed by atoms with Crippen LogP contribution in [0.2, 0.25) is 0 Å². The number of aromatic nitrogens is 2. The van der Waals surface area contributed by atoms with Crippen molar-refractivity contribution in [1.82, 2.24) is 9.55 Å². The molecule has 3 nitrogen and oxygen atoms in total. The topological polar surface area (TPSA) is 43.8 Å². The van der Waals surface area contributed by atoms with Crippen LogP contribution >= 0.6 is 0 Å². The van der Waals surface area contributed by atoms with Crippen molar-refractivity contribution < 1.29 is 0 Å². The van der Waals surface area contributed by atoms with E-state index in [9.17, 15) is 0 Å². The SMILES string of the molecule is CCCCC(CC)Cn1c(C(C)C)nc2cc(N)ccc21. The molecule has 0 aliphatic heterocycles. The van der Waals surface area contributed by atoms with E-state index < -0.39 is 0 Å². The second-order valence-corrected chi connectivity index (χ2v) is 6.40. The van der Waals surface area contributed by atoms with Gasteiger partial charge in [0.05, 0.1) is 11.0 Å². The molecule has 0 spiro atoms. The number of imidazole rings is 1. The maximum absolute atomic E-state index is 5.90. The highest BCUT2D eigenvalue weighted by Gasteiger charge is 2.16. The summed E-state index contributed by atoms with van der Waals surface area (Å²) in [6, 6.07) is 6.10. The lowest BCUT2D eigenvalue weighted by Gasteiger charge is -2.19. The average Bonchev–Trinajstić information content (AvgIpc) is 2.81. The highest BCUT2D eigenvalue weighted by atomic mass is 15.1. The Kier molecular flexibility index (Phi) is 5.27. The van der Waals surface area contributed by atoms with E-state index in [1.54, 1.807) is 0 Å². The molecule has 0 saturated heterocycles. The third kappa shape index (κ3) is 3.58. The second-order valence-electron chi connectivity index (χ2n) is 6.40. The Morgan fingerprint density at radius 3 is 2.62 bits per heavy atom. The van der Waals surface area contributed by atoms with Gasteiger partial charge >= 0.3 is 0 Å². The first-order chi connectivity index (χ1) is 10.1. The fourth-order valence-corrected chi connectivity index (χ4v) is 2.97. The molecule has 1 aromatic heterocycles. The highest BCUT2D eigenvalue weighted by Crippen LogP contribution is 2.26. The van der Waals surface area contributed by atoms with Crippen molar-refractivity contribution in [2.45, 2.75) is 65.8 Å². The Bertz CT molecular complexity index is 583. The number of benzene rings is 1. The van der Waals surface area contributed by atoms with E-state index >= 15 is 0 Å². The monoisotopic (exact) mass is 287 g/mol. The first-order valence-corrected chi connectivity index (χ1v) is 8.32. The maximum Gasteiger partial charge on any atom is 0.112 e. The molecule has 2 aromatic rings. The molecule has 0 fully saturated rings. The van der Waals surface area contributed by atoms with Crippen LogP contribution in [0.15, 0.2) is 18.2 Å². The van der Waals surface area contributed by atoms with E-state index in [2.05, 4.69) is 38.3 Å². The zero-order chi connectivity index (χ0) is 15.4. The zero-order valence-corrected chi connectivity index (χ0v) is 13.9. The molecule has 3 heteroatoms. The van der Waals surface area contributed by atoms with Crippen LogP contribution in [-0.2, 0) is 6.54 Å². The smallest absolute Gasteiger partial charge is 0.112 e. The summed E-state index contributed by atoms with van der Waals surface area (Å²) in [5.41, 5.74) is 8.95. The summed E-state index contributed by atoms with van der Waals surface area (Å²) in [5.74, 6) is 2.35. The normalized spacial score (nSPS) is 13.2. The minimum atomic E-state index is 0.433. The summed E-state index contributed by atoms with van der Waals surface area (Å²) in [5, 5.41) is 0. The van der Waals surface area contributed by atoms with E-state index in [0.717, 1.165) is 23.7 Å². The van der Waals surface area contributed by atoms with Crippen molar-refractivity contribution in [3.63, 3.8) is 0 Å². The molecule has 2 rings (SSSR count). The largest absolute Gasteiger partial charge is 0.399 e. The minimum Gasteiger partial charge on any atom is -0.399 e. The number of nitrogen functional groups attached to an aromatic ring is 1. The fraction of sp³-hybridized carbons (Fsp3) is 0.611. The van der Waals surface area contributed by atoms with Crippen LogP contribution in [0.3, 0.4) is 0 Å². The first kappa shape index (κ1) is 15.9. The van der Waals surface area contributed by atoms with Gasteiger partial charge in [-0.2, -0.15) is 0 Å². The van der Waals surface area contributed by atoms with Crippen LogP contribution < -0.4 is 5.73 Å². The van der Waals surface area contributed by atoms with E-state index in [4.69, 9.17) is 10.7 Å². The number of rotatable bonds is 7. The standard InChI is InChI=1S/C18H29N3/c1-5-7-8-14(6-2)12-21-17-10-9-15(19)11-16(17)20-18(21)13(3)4/h9-11,13-14H,5-8,12,19H2,1-4H3. The molecule has 0 amide bonds. The lowest BCUT2D eigenvalue weighted by atomic mass is 9.99. The molecular weight excluding hydrogens is 258 g/mol. The van der Waals surface area contributed by atoms with Crippen molar-refractivity contribution in [1.29, 1.82) is 0 Å². The summed E-state index contributed by atoms with van der Waals surface area (Å²) in [6.07, 6.45) is 5.12. The third-order valence-electron chi connectivity index (χ3n) is 4.30. The molecule has 1 heterocycles. The lowest BCUT2D eigenvalue weighted by Crippen LogP contribution is -2.13. The van der Waals surface area contributed by atoms with Crippen molar-refractivity contribution in [2.24, 2.45) is 5.92 Å². The number of fused-ring (bicyclic) bond motifs is 1. The van der Waals surface area contributed by atoms with E-state index in [1.807, 2.05) is 12.1 Å². The van der Waals surface area contributed by atoms with E-state index in [0.29, 0.717) is 5.92 Å². The Morgan fingerprint density at radius 2 is 2.00 bits per heavy atom. The van der Waals surface area contributed by atoms with Crippen molar-refractivity contribution in [3.05, 3.63) is 24.0 Å². The molecule has 0 bridgehead atoms. The number of nitrogens with two attached hydrogens (primary N) is 1. The van der Waals surface area contributed by atoms with Crippen LogP contribution in [0.5, 0.6) is 0 Å². The number of hydrogen-bond acceptors (Lipinski definition) is 2. The quantitative estimate of drug-likeness (QED) is 0.731. The molecule has 116 valence electrons. The Morgan fingerprint density at radius 1 is 1.24 bits per heavy atom. The number of unbranched alkanes of at least 4 members (excludes halogenated alkanes) is 1. The van der Waals surface area contributed by atoms with E-state index in [1.165, 1.54) is 37.0 Å². The second kappa shape index (κ2) is 6.97. The number of anilines is 1. The Balaban J connectivity index is 2.37. The van der Waals surface area contributed by atoms with Gasteiger partial charge in [0.1, 0.15) is 5.82 Å². The van der Waals surface area contributed by atoms with Crippen LogP contribution in [0, 0.1) is 5.92 Å². The van der Waals surface area contributed by atoms with Gasteiger partial charge in [0.2, 0.25) is 0 Å². The predicted molar refractivity (Wildman–Crippen MR) is 91.5 cm³/mol. The summed E-state index contributed by atoms with van der Waals surface area (Å²) in [4.78, 5) is 4.82. The van der Waals surface area contributed by atoms with Gasteiger partial charge in [0.15, 0.2) is 0 Å². The predicted octanol–water partition coefficient (Wildman–Crippen LogP) is 4.96. The lowest BCUT2D eigenvalue weighted by molar-refractivity contribution is 0.387. The van der Waals surface area contributed by atoms with Crippen LogP contribution in [0.25, 0.3) is 11.0 Å². The molecular formula is C18H29N3. The van der Waals surface area contributed by atoms with Gasteiger partial charge in [-0.05, 0) is 30.5 Å². The first-order valence-electron chi connectivity index (χ1n) is 8.32. The molecule has 0 radical (unpaired) electrons. The fourth-order valence-electron chi connectivity index (χ4n) is 2.97. The Labute approximate surface area is 128 Å². The number of nitrogens with zero attached hydrogens (tertiary/aromatic N) is 2. The number of hydrogen-bond donors (Lipinski definition) is 1. The van der Waals surface area contributed by atoms with Gasteiger partial charge in [-0.15, -0.1) is 0 Å². The van der Waals surface area contributed by atoms with Crippen LogP contribution in [-0.4, -0.2) is 9.55 Å². The average molecular weight is 287 g/mol. The van der Waals surface area contributed by atoms with Gasteiger partial charge in [0, 0.05) is 18.2 Å². The molecule has 1 aromatic carbocycles. The Hall–Kier alpha value is -1.51. The van der Waals surface area contributed by atoms with Crippen molar-refractivity contribution in [3.8, 4) is 0 Å². The molecule has 0 saturated carbocycles. The minimum absolute atomic E-state index is 0.433. The zero-order valence-electron chi connectivity index (χ0n) is 13.9. The molecule has 0 aliphatic rings. The molecule has 0 aliphatic carbocycles. The maximum atomic E-state index is 5.90. The van der Waals surface area contributed by atoms with Gasteiger partial charge in [-0.1, -0.05) is 47.0 Å². The van der Waals surface area contributed by atoms with Crippen molar-refractivity contribution in [2.75, 3.05) is 5.73 Å². The summed E-state index contributed by atoms with van der Waals surface area (Å²) in [6.45, 7) is 10.1. The third-order valence-corrected chi connectivity index (χ3v) is 4.30. The van der Waals surface area contributed by atoms with Gasteiger partial charge in [-0.25, -0.2) is 4.98 Å². The summed E-state index contributed by atoms with van der Waals surface area (Å²) < 4.78 is 2.42.